The van der Waals surface area contributed by atoms with Gasteiger partial charge in [-0.05, 0) is 17.5 Å². The Morgan fingerprint density at radius 3 is 2.62 bits per heavy atom. The third-order valence-corrected chi connectivity index (χ3v) is 3.38. The van der Waals surface area contributed by atoms with Crippen molar-refractivity contribution in [3.05, 3.63) is 41.5 Å². The van der Waals surface area contributed by atoms with Gasteiger partial charge in [-0.25, -0.2) is 8.42 Å². The molecule has 0 spiro atoms. The lowest BCUT2D eigenvalue weighted by Crippen LogP contribution is -1.98. The summed E-state index contributed by atoms with van der Waals surface area (Å²) in [6.45, 7) is 0. The minimum absolute atomic E-state index is 0.475. The van der Waals surface area contributed by atoms with E-state index in [1.165, 1.54) is 6.26 Å². The first kappa shape index (κ1) is 8.51. The average Bonchev–Trinajstić information content (AvgIpc) is 2.45. The van der Waals surface area contributed by atoms with Gasteiger partial charge in [-0.1, -0.05) is 30.3 Å². The van der Waals surface area contributed by atoms with Gasteiger partial charge >= 0.3 is 0 Å². The van der Waals surface area contributed by atoms with Crippen molar-refractivity contribution in [2.75, 3.05) is 6.26 Å². The van der Waals surface area contributed by atoms with Crippen molar-refractivity contribution in [3.8, 4) is 0 Å². The zero-order chi connectivity index (χ0) is 9.47. The van der Waals surface area contributed by atoms with E-state index in [0.717, 1.165) is 17.5 Å². The molecule has 2 rings (SSSR count). The summed E-state index contributed by atoms with van der Waals surface area (Å²) in [5.74, 6) is 0. The molecule has 0 fully saturated rings. The normalized spacial score (nSPS) is 15.3. The Kier molecular flexibility index (Phi) is 1.77. The molecule has 0 radical (unpaired) electrons. The second-order valence-corrected chi connectivity index (χ2v) is 5.19. The average molecular weight is 194 g/mol. The van der Waals surface area contributed by atoms with E-state index in [1.807, 2.05) is 24.3 Å². The Bertz CT molecular complexity index is 469. The number of fused-ring (bicyclic) bond motifs is 1. The quantitative estimate of drug-likeness (QED) is 0.681. The lowest BCUT2D eigenvalue weighted by atomic mass is 10.1. The molecular formula is C10H10O2S. The molecular weight excluding hydrogens is 184 g/mol. The van der Waals surface area contributed by atoms with E-state index < -0.39 is 9.84 Å². The first-order valence-corrected chi connectivity index (χ1v) is 5.96. The molecule has 1 aliphatic rings. The highest BCUT2D eigenvalue weighted by atomic mass is 32.2. The molecule has 0 saturated carbocycles. The van der Waals surface area contributed by atoms with Gasteiger partial charge in [-0.15, -0.1) is 0 Å². The largest absolute Gasteiger partial charge is 0.224 e. The molecule has 1 aliphatic carbocycles. The first-order chi connectivity index (χ1) is 6.09. The van der Waals surface area contributed by atoms with Crippen LogP contribution in [0.25, 0.3) is 4.91 Å². The van der Waals surface area contributed by atoms with E-state index in [0.29, 0.717) is 4.91 Å². The van der Waals surface area contributed by atoms with Crippen LogP contribution in [-0.4, -0.2) is 14.7 Å². The standard InChI is InChI=1S/C10H10O2S/c1-13(11,12)10-7-6-8-4-2-3-5-9(8)10/h2-5,7H,6H2,1H3. The summed E-state index contributed by atoms with van der Waals surface area (Å²) in [6, 6.07) is 7.61. The predicted molar refractivity (Wildman–Crippen MR) is 53.0 cm³/mol. The molecule has 68 valence electrons. The summed E-state index contributed by atoms with van der Waals surface area (Å²) in [5, 5.41) is 0. The van der Waals surface area contributed by atoms with Crippen LogP contribution >= 0.6 is 0 Å². The molecule has 0 unspecified atom stereocenters. The molecule has 3 heteroatoms. The maximum Gasteiger partial charge on any atom is 0.175 e. The van der Waals surface area contributed by atoms with Crippen LogP contribution in [0.15, 0.2) is 30.3 Å². The van der Waals surface area contributed by atoms with Crippen LogP contribution in [0.1, 0.15) is 11.1 Å². The highest BCUT2D eigenvalue weighted by Crippen LogP contribution is 2.30. The van der Waals surface area contributed by atoms with Crippen LogP contribution in [0.2, 0.25) is 0 Å². The minimum atomic E-state index is -3.05. The number of sulfone groups is 1. The van der Waals surface area contributed by atoms with Crippen LogP contribution < -0.4 is 0 Å². The van der Waals surface area contributed by atoms with Crippen molar-refractivity contribution in [2.24, 2.45) is 0 Å². The molecule has 0 heterocycles. The van der Waals surface area contributed by atoms with E-state index in [4.69, 9.17) is 0 Å². The zero-order valence-electron chi connectivity index (χ0n) is 7.32. The van der Waals surface area contributed by atoms with Gasteiger partial charge in [0.15, 0.2) is 9.84 Å². The minimum Gasteiger partial charge on any atom is -0.224 e. The molecule has 0 atom stereocenters. The van der Waals surface area contributed by atoms with E-state index >= 15 is 0 Å². The van der Waals surface area contributed by atoms with Crippen LogP contribution in [0, 0.1) is 0 Å². The van der Waals surface area contributed by atoms with Crippen molar-refractivity contribution in [3.63, 3.8) is 0 Å². The fraction of sp³-hybridized carbons (Fsp3) is 0.200. The van der Waals surface area contributed by atoms with E-state index in [-0.39, 0.29) is 0 Å². The Labute approximate surface area is 77.8 Å². The molecule has 0 amide bonds. The van der Waals surface area contributed by atoms with Crippen LogP contribution in [-0.2, 0) is 16.3 Å². The maximum atomic E-state index is 11.3. The lowest BCUT2D eigenvalue weighted by Gasteiger charge is -2.01. The molecule has 2 nitrogen and oxygen atoms in total. The van der Waals surface area contributed by atoms with Crippen LogP contribution in [0.5, 0.6) is 0 Å². The van der Waals surface area contributed by atoms with Crippen molar-refractivity contribution >= 4 is 14.7 Å². The first-order valence-electron chi connectivity index (χ1n) is 4.07. The van der Waals surface area contributed by atoms with Gasteiger partial charge in [-0.3, -0.25) is 0 Å². The molecule has 0 bridgehead atoms. The van der Waals surface area contributed by atoms with Gasteiger partial charge < -0.3 is 0 Å². The Morgan fingerprint density at radius 2 is 1.92 bits per heavy atom. The Balaban J connectivity index is 2.60. The third-order valence-electron chi connectivity index (χ3n) is 2.19. The highest BCUT2D eigenvalue weighted by Gasteiger charge is 2.20. The maximum absolute atomic E-state index is 11.3. The van der Waals surface area contributed by atoms with Gasteiger partial charge in [0.25, 0.3) is 0 Å². The molecule has 0 aromatic heterocycles. The summed E-state index contributed by atoms with van der Waals surface area (Å²) in [4.78, 5) is 0.475. The summed E-state index contributed by atoms with van der Waals surface area (Å²) in [7, 11) is -3.05. The van der Waals surface area contributed by atoms with Gasteiger partial charge in [0.05, 0.1) is 4.91 Å². The fourth-order valence-corrected chi connectivity index (χ4v) is 2.59. The lowest BCUT2D eigenvalue weighted by molar-refractivity contribution is 0.611. The summed E-state index contributed by atoms with van der Waals surface area (Å²) >= 11 is 0. The van der Waals surface area contributed by atoms with E-state index in [9.17, 15) is 8.42 Å². The van der Waals surface area contributed by atoms with Crippen molar-refractivity contribution in [1.82, 2.24) is 0 Å². The summed E-state index contributed by atoms with van der Waals surface area (Å²) < 4.78 is 22.7. The number of rotatable bonds is 1. The van der Waals surface area contributed by atoms with Gasteiger partial charge in [0, 0.05) is 6.26 Å². The second-order valence-electron chi connectivity index (χ2n) is 3.20. The van der Waals surface area contributed by atoms with Gasteiger partial charge in [0.1, 0.15) is 0 Å². The Morgan fingerprint density at radius 1 is 1.23 bits per heavy atom. The predicted octanol–water partition coefficient (Wildman–Crippen LogP) is 1.63. The summed E-state index contributed by atoms with van der Waals surface area (Å²) in [6.07, 6.45) is 3.76. The van der Waals surface area contributed by atoms with Crippen molar-refractivity contribution in [2.45, 2.75) is 6.42 Å². The number of allylic oxidation sites excluding steroid dienone is 1. The second kappa shape index (κ2) is 2.70. The molecule has 1 aromatic rings. The fourth-order valence-electron chi connectivity index (χ4n) is 1.60. The molecule has 1 aromatic carbocycles. The van der Waals surface area contributed by atoms with Gasteiger partial charge in [0.2, 0.25) is 0 Å². The number of hydrogen-bond donors (Lipinski definition) is 0. The topological polar surface area (TPSA) is 34.1 Å². The molecule has 0 aliphatic heterocycles. The third kappa shape index (κ3) is 1.40. The van der Waals surface area contributed by atoms with E-state index in [1.54, 1.807) is 6.08 Å². The smallest absolute Gasteiger partial charge is 0.175 e. The molecule has 0 N–H and O–H groups in total. The number of benzene rings is 1. The number of hydrogen-bond acceptors (Lipinski definition) is 2. The van der Waals surface area contributed by atoms with Crippen molar-refractivity contribution < 1.29 is 8.42 Å². The van der Waals surface area contributed by atoms with E-state index in [2.05, 4.69) is 0 Å². The Hall–Kier alpha value is -1.09. The monoisotopic (exact) mass is 194 g/mol. The van der Waals surface area contributed by atoms with Gasteiger partial charge in [-0.2, -0.15) is 0 Å². The van der Waals surface area contributed by atoms with Crippen LogP contribution in [0.3, 0.4) is 0 Å². The van der Waals surface area contributed by atoms with Crippen LogP contribution in [0.4, 0.5) is 0 Å². The molecule has 0 saturated heterocycles. The SMILES string of the molecule is CS(=O)(=O)C1=CCc2ccccc21. The zero-order valence-corrected chi connectivity index (χ0v) is 8.14. The highest BCUT2D eigenvalue weighted by molar-refractivity contribution is 8.00. The summed E-state index contributed by atoms with van der Waals surface area (Å²) in [5.41, 5.74) is 1.97. The molecule has 13 heavy (non-hydrogen) atoms. The van der Waals surface area contributed by atoms with Crippen molar-refractivity contribution in [1.29, 1.82) is 0 Å².